The van der Waals surface area contributed by atoms with E-state index in [0.717, 1.165) is 5.56 Å². The van der Waals surface area contributed by atoms with Crippen LogP contribution in [0.2, 0.25) is 0 Å². The average molecular weight is 488 g/mol. The third kappa shape index (κ3) is 5.42. The molecule has 0 aromatic heterocycles. The van der Waals surface area contributed by atoms with Gasteiger partial charge in [0.1, 0.15) is 12.4 Å². The number of nitrogens with one attached hydrogen (secondary N) is 1. The second kappa shape index (κ2) is 8.64. The quantitative estimate of drug-likeness (QED) is 0.357. The van der Waals surface area contributed by atoms with Crippen LogP contribution in [0.4, 0.5) is 0 Å². The molecule has 8 heteroatoms. The van der Waals surface area contributed by atoms with Gasteiger partial charge in [0.25, 0.3) is 10.0 Å². The van der Waals surface area contributed by atoms with Crippen LogP contribution < -0.4 is 9.57 Å². The van der Waals surface area contributed by atoms with Gasteiger partial charge in [-0.1, -0.05) is 30.4 Å². The highest BCUT2D eigenvalue weighted by Crippen LogP contribution is 2.34. The average Bonchev–Trinajstić information content (AvgIpc) is 2.54. The molecule has 0 heterocycles. The molecule has 0 fully saturated rings. The molecule has 2 aromatic carbocycles. The summed E-state index contributed by atoms with van der Waals surface area (Å²) in [6.07, 6.45) is 3.06. The van der Waals surface area contributed by atoms with E-state index in [1.54, 1.807) is 30.3 Å². The van der Waals surface area contributed by atoms with Crippen LogP contribution in [0.5, 0.6) is 5.75 Å². The van der Waals surface area contributed by atoms with Crippen LogP contribution >= 0.6 is 31.9 Å². The van der Waals surface area contributed by atoms with Gasteiger partial charge in [-0.25, -0.2) is 4.83 Å². The van der Waals surface area contributed by atoms with Crippen LogP contribution in [0.1, 0.15) is 11.1 Å². The lowest BCUT2D eigenvalue weighted by molar-refractivity contribution is 0.358. The Bertz CT molecular complexity index is 872. The first kappa shape index (κ1) is 19.7. The fourth-order valence-electron chi connectivity index (χ4n) is 1.87. The zero-order valence-corrected chi connectivity index (χ0v) is 17.4. The number of sulfonamides is 1. The SMILES string of the molecule is C=CCOc1c(Br)cc(/C=N/NS(=O)(=O)c2ccc(C)cc2)cc1Br. The standard InChI is InChI=1S/C17H16Br2N2O3S/c1-3-8-24-17-15(18)9-13(10-16(17)19)11-20-21-25(22,23)14-6-4-12(2)5-7-14/h3-7,9-11,21H,1,8H2,2H3/b20-11+. The fourth-order valence-corrected chi connectivity index (χ4v) is 4.12. The van der Waals surface area contributed by atoms with Crippen molar-refractivity contribution in [1.82, 2.24) is 4.83 Å². The number of rotatable bonds is 7. The van der Waals surface area contributed by atoms with Gasteiger partial charge in [-0.05, 0) is 68.6 Å². The molecule has 132 valence electrons. The van der Waals surface area contributed by atoms with E-state index in [-0.39, 0.29) is 4.90 Å². The first-order valence-corrected chi connectivity index (χ1v) is 10.2. The van der Waals surface area contributed by atoms with Crippen molar-refractivity contribution in [2.24, 2.45) is 5.10 Å². The van der Waals surface area contributed by atoms with Crippen molar-refractivity contribution in [2.45, 2.75) is 11.8 Å². The molecule has 1 N–H and O–H groups in total. The van der Waals surface area contributed by atoms with Gasteiger partial charge in [0, 0.05) is 0 Å². The van der Waals surface area contributed by atoms with Crippen molar-refractivity contribution in [3.8, 4) is 5.75 Å². The molecule has 0 amide bonds. The topological polar surface area (TPSA) is 67.8 Å². The molecule has 0 aliphatic rings. The first-order valence-electron chi connectivity index (χ1n) is 7.18. The molecule has 0 aliphatic heterocycles. The van der Waals surface area contributed by atoms with Crippen LogP contribution in [0, 0.1) is 6.92 Å². The summed E-state index contributed by atoms with van der Waals surface area (Å²) in [4.78, 5) is 2.36. The van der Waals surface area contributed by atoms with Crippen LogP contribution in [-0.4, -0.2) is 21.2 Å². The Balaban J connectivity index is 2.14. The third-order valence-electron chi connectivity index (χ3n) is 3.08. The molecular formula is C17H16Br2N2O3S. The Morgan fingerprint density at radius 2 is 1.80 bits per heavy atom. The zero-order valence-electron chi connectivity index (χ0n) is 13.4. The summed E-state index contributed by atoms with van der Waals surface area (Å²) in [5.74, 6) is 0.636. The molecule has 0 unspecified atom stereocenters. The number of hydrogen-bond donors (Lipinski definition) is 1. The lowest BCUT2D eigenvalue weighted by Gasteiger charge is -2.09. The molecule has 0 bridgehead atoms. The van der Waals surface area contributed by atoms with E-state index in [0.29, 0.717) is 26.9 Å². The molecule has 2 aromatic rings. The summed E-state index contributed by atoms with van der Waals surface area (Å²) in [5, 5.41) is 3.82. The van der Waals surface area contributed by atoms with Gasteiger partial charge in [-0.2, -0.15) is 13.5 Å². The van der Waals surface area contributed by atoms with E-state index >= 15 is 0 Å². The van der Waals surface area contributed by atoms with Crippen molar-refractivity contribution in [3.05, 3.63) is 69.1 Å². The molecule has 0 aliphatic carbocycles. The second-order valence-corrected chi connectivity index (χ2v) is 8.45. The number of nitrogens with zero attached hydrogens (tertiary/aromatic N) is 1. The number of halogens is 2. The van der Waals surface area contributed by atoms with Gasteiger partial charge >= 0.3 is 0 Å². The maximum atomic E-state index is 12.2. The van der Waals surface area contributed by atoms with Crippen molar-refractivity contribution in [2.75, 3.05) is 6.61 Å². The molecule has 0 saturated carbocycles. The summed E-state index contributed by atoms with van der Waals surface area (Å²) < 4.78 is 31.3. The molecule has 2 rings (SSSR count). The first-order chi connectivity index (χ1) is 11.8. The van der Waals surface area contributed by atoms with Gasteiger partial charge in [0.2, 0.25) is 0 Å². The maximum absolute atomic E-state index is 12.2. The fraction of sp³-hybridized carbons (Fsp3) is 0.118. The highest BCUT2D eigenvalue weighted by molar-refractivity contribution is 9.11. The highest BCUT2D eigenvalue weighted by atomic mass is 79.9. The summed E-state index contributed by atoms with van der Waals surface area (Å²) >= 11 is 6.83. The van der Waals surface area contributed by atoms with E-state index in [1.807, 2.05) is 6.92 Å². The van der Waals surface area contributed by atoms with Gasteiger partial charge in [0.15, 0.2) is 0 Å². The number of hydrazone groups is 1. The number of hydrogen-bond acceptors (Lipinski definition) is 4. The van der Waals surface area contributed by atoms with Crippen molar-refractivity contribution >= 4 is 48.1 Å². The van der Waals surface area contributed by atoms with E-state index in [1.165, 1.54) is 18.3 Å². The minimum absolute atomic E-state index is 0.158. The van der Waals surface area contributed by atoms with Gasteiger partial charge in [-0.3, -0.25) is 0 Å². The second-order valence-electron chi connectivity index (χ2n) is 5.08. The number of aryl methyl sites for hydroxylation is 1. The Kier molecular flexibility index (Phi) is 6.80. The molecule has 0 saturated heterocycles. The third-order valence-corrected chi connectivity index (χ3v) is 5.50. The number of benzene rings is 2. The lowest BCUT2D eigenvalue weighted by Crippen LogP contribution is -2.18. The summed E-state index contributed by atoms with van der Waals surface area (Å²) in [5.41, 5.74) is 1.67. The Morgan fingerprint density at radius 1 is 1.20 bits per heavy atom. The predicted octanol–water partition coefficient (Wildman–Crippen LogP) is 4.40. The van der Waals surface area contributed by atoms with Gasteiger partial charge < -0.3 is 4.74 Å². The van der Waals surface area contributed by atoms with E-state index in [4.69, 9.17) is 4.74 Å². The van der Waals surface area contributed by atoms with E-state index < -0.39 is 10.0 Å². The van der Waals surface area contributed by atoms with Crippen LogP contribution in [0.15, 0.2) is 68.0 Å². The maximum Gasteiger partial charge on any atom is 0.276 e. The van der Waals surface area contributed by atoms with Crippen molar-refractivity contribution in [1.29, 1.82) is 0 Å². The summed E-state index contributed by atoms with van der Waals surface area (Å²) in [6, 6.07) is 10.1. The summed E-state index contributed by atoms with van der Waals surface area (Å²) in [7, 11) is -3.69. The number of ether oxygens (including phenoxy) is 1. The van der Waals surface area contributed by atoms with Gasteiger partial charge in [-0.15, -0.1) is 0 Å². The van der Waals surface area contributed by atoms with Crippen LogP contribution in [0.25, 0.3) is 0 Å². The van der Waals surface area contributed by atoms with Crippen LogP contribution in [0.3, 0.4) is 0 Å². The van der Waals surface area contributed by atoms with E-state index in [9.17, 15) is 8.42 Å². The van der Waals surface area contributed by atoms with Crippen molar-refractivity contribution < 1.29 is 13.2 Å². The predicted molar refractivity (Wildman–Crippen MR) is 107 cm³/mol. The highest BCUT2D eigenvalue weighted by Gasteiger charge is 2.12. The Morgan fingerprint density at radius 3 is 2.36 bits per heavy atom. The summed E-state index contributed by atoms with van der Waals surface area (Å²) in [6.45, 7) is 5.87. The Hall–Kier alpha value is -1.64. The molecule has 0 atom stereocenters. The zero-order chi connectivity index (χ0) is 18.4. The lowest BCUT2D eigenvalue weighted by atomic mass is 10.2. The normalized spacial score (nSPS) is 11.5. The molecule has 25 heavy (non-hydrogen) atoms. The Labute approximate surface area is 164 Å². The van der Waals surface area contributed by atoms with Crippen molar-refractivity contribution in [3.63, 3.8) is 0 Å². The van der Waals surface area contributed by atoms with Crippen LogP contribution in [-0.2, 0) is 10.0 Å². The molecule has 0 radical (unpaired) electrons. The smallest absolute Gasteiger partial charge is 0.276 e. The van der Waals surface area contributed by atoms with Gasteiger partial charge in [0.05, 0.1) is 20.1 Å². The minimum atomic E-state index is -3.69. The van der Waals surface area contributed by atoms with E-state index in [2.05, 4.69) is 48.4 Å². The minimum Gasteiger partial charge on any atom is -0.487 e. The largest absolute Gasteiger partial charge is 0.487 e. The molecule has 0 spiro atoms. The molecule has 5 nitrogen and oxygen atoms in total. The molecular weight excluding hydrogens is 472 g/mol. The monoisotopic (exact) mass is 486 g/mol.